The molecule has 0 radical (unpaired) electrons. The van der Waals surface area contributed by atoms with Crippen molar-refractivity contribution < 1.29 is 18.3 Å². The van der Waals surface area contributed by atoms with E-state index in [-0.39, 0.29) is 23.0 Å². The van der Waals surface area contributed by atoms with Crippen LogP contribution in [0, 0.1) is 0 Å². The predicted octanol–water partition coefficient (Wildman–Crippen LogP) is 1.63. The van der Waals surface area contributed by atoms with Crippen molar-refractivity contribution in [1.82, 2.24) is 39.5 Å². The Hall–Kier alpha value is -3.44. The normalized spacial score (nSPS) is 12.1. The number of alkyl halides is 3. The van der Waals surface area contributed by atoms with E-state index in [0.29, 0.717) is 11.4 Å². The van der Waals surface area contributed by atoms with Crippen LogP contribution < -0.4 is 0 Å². The number of halogens is 3. The van der Waals surface area contributed by atoms with Crippen LogP contribution in [0.2, 0.25) is 0 Å². The van der Waals surface area contributed by atoms with Crippen LogP contribution in [0.15, 0.2) is 24.9 Å². The lowest BCUT2D eigenvalue weighted by Gasteiger charge is -2.01. The quantitative estimate of drug-likeness (QED) is 0.512. The number of aromatic nitrogens is 8. The van der Waals surface area contributed by atoms with Crippen LogP contribution in [-0.4, -0.2) is 44.6 Å². The zero-order chi connectivity index (χ0) is 16.9. The Morgan fingerprint density at radius 1 is 1.17 bits per heavy atom. The summed E-state index contributed by atoms with van der Waals surface area (Å²) in [5, 5.41) is 15.0. The molecule has 4 heterocycles. The molecule has 0 aliphatic carbocycles. The summed E-state index contributed by atoms with van der Waals surface area (Å²) >= 11 is 0. The van der Waals surface area contributed by atoms with Gasteiger partial charge in [-0.1, -0.05) is 0 Å². The number of H-pyrrole nitrogens is 2. The number of aromatic hydroxyl groups is 1. The SMILES string of the molecule is Oc1cnc2nc(-c3nc(C(F)(F)F)n[nH]3)c(-c3cnc[nH]3)n2c1. The molecule has 4 rings (SSSR count). The van der Waals surface area contributed by atoms with Crippen LogP contribution in [0.4, 0.5) is 13.2 Å². The monoisotopic (exact) mass is 336 g/mol. The van der Waals surface area contributed by atoms with E-state index in [4.69, 9.17) is 0 Å². The summed E-state index contributed by atoms with van der Waals surface area (Å²) in [5.41, 5.74) is 0.867. The zero-order valence-corrected chi connectivity index (χ0v) is 11.6. The van der Waals surface area contributed by atoms with Crippen molar-refractivity contribution in [2.45, 2.75) is 6.18 Å². The molecule has 4 aromatic rings. The molecule has 4 aromatic heterocycles. The summed E-state index contributed by atoms with van der Waals surface area (Å²) in [5.74, 6) is -1.46. The maximum atomic E-state index is 12.7. The second kappa shape index (κ2) is 4.78. The molecule has 24 heavy (non-hydrogen) atoms. The zero-order valence-electron chi connectivity index (χ0n) is 11.6. The molecule has 0 fully saturated rings. The minimum atomic E-state index is -4.68. The van der Waals surface area contributed by atoms with E-state index in [1.807, 2.05) is 0 Å². The molecule has 0 aliphatic heterocycles. The summed E-state index contributed by atoms with van der Waals surface area (Å²) in [4.78, 5) is 18.3. The number of hydrogen-bond donors (Lipinski definition) is 3. The molecule has 0 saturated carbocycles. The van der Waals surface area contributed by atoms with E-state index in [0.717, 1.165) is 0 Å². The van der Waals surface area contributed by atoms with Crippen LogP contribution in [0.5, 0.6) is 5.75 Å². The fraction of sp³-hybridized carbons (Fsp3) is 0.0833. The highest BCUT2D eigenvalue weighted by Crippen LogP contribution is 2.32. The lowest BCUT2D eigenvalue weighted by molar-refractivity contribution is -0.144. The molecule has 0 aliphatic rings. The molecule has 0 unspecified atom stereocenters. The lowest BCUT2D eigenvalue weighted by Crippen LogP contribution is -2.07. The van der Waals surface area contributed by atoms with Crippen LogP contribution in [0.25, 0.3) is 28.7 Å². The smallest absolute Gasteiger partial charge is 0.453 e. The van der Waals surface area contributed by atoms with Crippen molar-refractivity contribution in [2.24, 2.45) is 0 Å². The molecule has 0 bridgehead atoms. The predicted molar refractivity (Wildman–Crippen MR) is 72.6 cm³/mol. The van der Waals surface area contributed by atoms with Crippen molar-refractivity contribution in [2.75, 3.05) is 0 Å². The Labute approximate surface area is 130 Å². The van der Waals surface area contributed by atoms with E-state index in [2.05, 4.69) is 35.1 Å². The Kier molecular flexibility index (Phi) is 2.82. The number of nitrogens with one attached hydrogen (secondary N) is 2. The van der Waals surface area contributed by atoms with Gasteiger partial charge in [0.1, 0.15) is 11.4 Å². The fourth-order valence-corrected chi connectivity index (χ4v) is 2.23. The van der Waals surface area contributed by atoms with E-state index < -0.39 is 12.0 Å². The van der Waals surface area contributed by atoms with Crippen LogP contribution >= 0.6 is 0 Å². The topological polar surface area (TPSA) is 121 Å². The number of rotatable bonds is 2. The highest BCUT2D eigenvalue weighted by molar-refractivity contribution is 5.76. The molecule has 12 heteroatoms. The van der Waals surface area contributed by atoms with Crippen molar-refractivity contribution in [3.8, 4) is 28.7 Å². The first-order valence-electron chi connectivity index (χ1n) is 6.49. The number of fused-ring (bicyclic) bond motifs is 1. The largest absolute Gasteiger partial charge is 0.505 e. The van der Waals surface area contributed by atoms with Gasteiger partial charge >= 0.3 is 6.18 Å². The second-order valence-corrected chi connectivity index (χ2v) is 4.76. The minimum absolute atomic E-state index is 0.0837. The third kappa shape index (κ3) is 2.15. The van der Waals surface area contributed by atoms with Gasteiger partial charge in [0.15, 0.2) is 11.6 Å². The fourth-order valence-electron chi connectivity index (χ4n) is 2.23. The lowest BCUT2D eigenvalue weighted by atomic mass is 10.2. The van der Waals surface area contributed by atoms with Gasteiger partial charge in [-0.05, 0) is 0 Å². The van der Waals surface area contributed by atoms with E-state index in [9.17, 15) is 18.3 Å². The van der Waals surface area contributed by atoms with Gasteiger partial charge in [0, 0.05) is 0 Å². The molecule has 0 saturated heterocycles. The average Bonchev–Trinajstić information content (AvgIpc) is 3.24. The Morgan fingerprint density at radius 2 is 2.00 bits per heavy atom. The Balaban J connectivity index is 1.98. The van der Waals surface area contributed by atoms with Crippen molar-refractivity contribution >= 4 is 5.78 Å². The van der Waals surface area contributed by atoms with Gasteiger partial charge in [-0.3, -0.25) is 9.50 Å². The van der Waals surface area contributed by atoms with Gasteiger partial charge in [-0.2, -0.15) is 13.2 Å². The summed E-state index contributed by atoms with van der Waals surface area (Å²) in [7, 11) is 0. The standard InChI is InChI=1S/C12H7F3N8O/c13-12(14,15)10-20-9(21-22-10)7-8(6-2-16-4-18-6)23-3-5(24)1-17-11(23)19-7/h1-4,24H,(H,16,18)(H,20,21,22). The Morgan fingerprint density at radius 3 is 2.67 bits per heavy atom. The number of aromatic amines is 2. The number of hydrogen-bond acceptors (Lipinski definition) is 6. The molecule has 0 atom stereocenters. The molecule has 0 spiro atoms. The summed E-state index contributed by atoms with van der Waals surface area (Å²) < 4.78 is 39.6. The molecule has 0 aromatic carbocycles. The maximum absolute atomic E-state index is 12.7. The molecular formula is C12H7F3N8O. The van der Waals surface area contributed by atoms with Gasteiger partial charge in [0.05, 0.1) is 30.6 Å². The van der Waals surface area contributed by atoms with Gasteiger partial charge in [0.2, 0.25) is 5.78 Å². The van der Waals surface area contributed by atoms with Gasteiger partial charge in [0.25, 0.3) is 5.82 Å². The van der Waals surface area contributed by atoms with Gasteiger partial charge in [-0.25, -0.2) is 19.9 Å². The van der Waals surface area contributed by atoms with Crippen molar-refractivity contribution in [3.63, 3.8) is 0 Å². The Bertz CT molecular complexity index is 1020. The molecule has 9 nitrogen and oxygen atoms in total. The van der Waals surface area contributed by atoms with E-state index in [1.54, 1.807) is 0 Å². The third-order valence-corrected chi connectivity index (χ3v) is 3.18. The molecule has 122 valence electrons. The number of imidazole rings is 2. The first-order chi connectivity index (χ1) is 11.4. The molecular weight excluding hydrogens is 329 g/mol. The number of nitrogens with zero attached hydrogens (tertiary/aromatic N) is 6. The van der Waals surface area contributed by atoms with E-state index >= 15 is 0 Å². The maximum Gasteiger partial charge on any atom is 0.453 e. The molecule has 0 amide bonds. The highest BCUT2D eigenvalue weighted by atomic mass is 19.4. The van der Waals surface area contributed by atoms with Crippen LogP contribution in [0.3, 0.4) is 0 Å². The summed E-state index contributed by atoms with van der Waals surface area (Å²) in [6.07, 6.45) is 0.674. The highest BCUT2D eigenvalue weighted by Gasteiger charge is 2.36. The second-order valence-electron chi connectivity index (χ2n) is 4.76. The average molecular weight is 336 g/mol. The van der Waals surface area contributed by atoms with Gasteiger partial charge < -0.3 is 10.1 Å². The van der Waals surface area contributed by atoms with Crippen LogP contribution in [-0.2, 0) is 6.18 Å². The summed E-state index contributed by atoms with van der Waals surface area (Å²) in [6.45, 7) is 0. The van der Waals surface area contributed by atoms with E-state index in [1.165, 1.54) is 29.3 Å². The van der Waals surface area contributed by atoms with Gasteiger partial charge in [-0.15, -0.1) is 5.10 Å². The van der Waals surface area contributed by atoms with Crippen molar-refractivity contribution in [1.29, 1.82) is 0 Å². The van der Waals surface area contributed by atoms with Crippen molar-refractivity contribution in [3.05, 3.63) is 30.7 Å². The first kappa shape index (κ1) is 14.2. The minimum Gasteiger partial charge on any atom is -0.505 e. The first-order valence-corrected chi connectivity index (χ1v) is 6.49. The molecule has 3 N–H and O–H groups in total. The van der Waals surface area contributed by atoms with Crippen LogP contribution in [0.1, 0.15) is 5.82 Å². The third-order valence-electron chi connectivity index (χ3n) is 3.18. The summed E-state index contributed by atoms with van der Waals surface area (Å²) in [6, 6.07) is 0.